The van der Waals surface area contributed by atoms with Crippen molar-refractivity contribution in [2.45, 2.75) is 57.8 Å². The number of nitrogens with zero attached hydrogens (tertiary/aromatic N) is 2. The summed E-state index contributed by atoms with van der Waals surface area (Å²) in [5.41, 5.74) is 6.07. The van der Waals surface area contributed by atoms with Crippen molar-refractivity contribution in [1.29, 1.82) is 0 Å². The highest BCUT2D eigenvalue weighted by Crippen LogP contribution is 2.21. The molecule has 0 aromatic carbocycles. The molecule has 2 rings (SSSR count). The van der Waals surface area contributed by atoms with E-state index in [9.17, 15) is 0 Å². The van der Waals surface area contributed by atoms with Gasteiger partial charge >= 0.3 is 0 Å². The molecule has 1 aliphatic heterocycles. The standard InChI is InChI=1S/C12H23N3O/c1-9-7-15(8-10(2)16-9)12(13)14-11-5-3-4-6-11/h9-11H,3-8H2,1-2H3,(H2,13,14)/t9-,10+. The molecule has 16 heavy (non-hydrogen) atoms. The second-order valence-electron chi connectivity index (χ2n) is 5.09. The third-order valence-electron chi connectivity index (χ3n) is 3.38. The van der Waals surface area contributed by atoms with Crippen molar-refractivity contribution in [1.82, 2.24) is 4.90 Å². The summed E-state index contributed by atoms with van der Waals surface area (Å²) in [7, 11) is 0. The highest BCUT2D eigenvalue weighted by molar-refractivity contribution is 5.78. The van der Waals surface area contributed by atoms with Crippen molar-refractivity contribution in [3.63, 3.8) is 0 Å². The Morgan fingerprint density at radius 2 is 1.75 bits per heavy atom. The van der Waals surface area contributed by atoms with Crippen LogP contribution >= 0.6 is 0 Å². The molecule has 92 valence electrons. The minimum absolute atomic E-state index is 0.251. The van der Waals surface area contributed by atoms with Gasteiger partial charge in [-0.15, -0.1) is 0 Å². The molecule has 0 radical (unpaired) electrons. The van der Waals surface area contributed by atoms with Crippen LogP contribution in [0.5, 0.6) is 0 Å². The highest BCUT2D eigenvalue weighted by atomic mass is 16.5. The van der Waals surface area contributed by atoms with Crippen LogP contribution in [0.15, 0.2) is 4.99 Å². The van der Waals surface area contributed by atoms with Crippen LogP contribution in [0.3, 0.4) is 0 Å². The second kappa shape index (κ2) is 5.04. The molecule has 0 amide bonds. The first-order valence-electron chi connectivity index (χ1n) is 6.39. The van der Waals surface area contributed by atoms with Gasteiger partial charge in [-0.25, -0.2) is 4.99 Å². The maximum atomic E-state index is 6.07. The molecule has 4 heteroatoms. The lowest BCUT2D eigenvalue weighted by Crippen LogP contribution is -2.51. The number of rotatable bonds is 1. The van der Waals surface area contributed by atoms with E-state index in [1.807, 2.05) is 0 Å². The number of ether oxygens (including phenoxy) is 1. The highest BCUT2D eigenvalue weighted by Gasteiger charge is 2.24. The molecule has 1 aliphatic carbocycles. The Hall–Kier alpha value is -0.770. The summed E-state index contributed by atoms with van der Waals surface area (Å²) >= 11 is 0. The van der Waals surface area contributed by atoms with Crippen molar-refractivity contribution in [2.75, 3.05) is 13.1 Å². The summed E-state index contributed by atoms with van der Waals surface area (Å²) in [4.78, 5) is 6.80. The van der Waals surface area contributed by atoms with E-state index in [1.54, 1.807) is 0 Å². The van der Waals surface area contributed by atoms with Crippen LogP contribution in [0.2, 0.25) is 0 Å². The number of nitrogens with two attached hydrogens (primary N) is 1. The molecule has 0 aromatic rings. The average Bonchev–Trinajstić information content (AvgIpc) is 2.68. The fourth-order valence-electron chi connectivity index (χ4n) is 2.67. The largest absolute Gasteiger partial charge is 0.372 e. The first-order chi connectivity index (χ1) is 7.65. The van der Waals surface area contributed by atoms with Crippen molar-refractivity contribution in [3.8, 4) is 0 Å². The fraction of sp³-hybridized carbons (Fsp3) is 0.917. The molecule has 1 heterocycles. The van der Waals surface area contributed by atoms with E-state index in [2.05, 4.69) is 23.7 Å². The fourth-order valence-corrected chi connectivity index (χ4v) is 2.67. The number of hydrogen-bond donors (Lipinski definition) is 1. The normalized spacial score (nSPS) is 33.4. The van der Waals surface area contributed by atoms with Gasteiger partial charge in [-0.1, -0.05) is 12.8 Å². The molecule has 2 fully saturated rings. The van der Waals surface area contributed by atoms with E-state index in [-0.39, 0.29) is 12.2 Å². The first kappa shape index (κ1) is 11.7. The van der Waals surface area contributed by atoms with Crippen molar-refractivity contribution < 1.29 is 4.74 Å². The van der Waals surface area contributed by atoms with E-state index in [1.165, 1.54) is 25.7 Å². The number of morpholine rings is 1. The molecule has 1 saturated carbocycles. The van der Waals surface area contributed by atoms with Crippen LogP contribution in [0, 0.1) is 0 Å². The van der Waals surface area contributed by atoms with Gasteiger partial charge in [0.05, 0.1) is 18.2 Å². The minimum atomic E-state index is 0.251. The second-order valence-corrected chi connectivity index (χ2v) is 5.09. The monoisotopic (exact) mass is 225 g/mol. The third kappa shape index (κ3) is 2.88. The lowest BCUT2D eigenvalue weighted by molar-refractivity contribution is -0.0484. The molecule has 0 unspecified atom stereocenters. The van der Waals surface area contributed by atoms with Gasteiger partial charge < -0.3 is 15.4 Å². The third-order valence-corrected chi connectivity index (χ3v) is 3.38. The lowest BCUT2D eigenvalue weighted by Gasteiger charge is -2.36. The van der Waals surface area contributed by atoms with E-state index in [4.69, 9.17) is 10.5 Å². The summed E-state index contributed by atoms with van der Waals surface area (Å²) in [5.74, 6) is 0.717. The predicted octanol–water partition coefficient (Wildman–Crippen LogP) is 1.35. The quantitative estimate of drug-likeness (QED) is 0.541. The SMILES string of the molecule is C[C@@H]1CN(C(N)=NC2CCCC2)C[C@H](C)O1. The lowest BCUT2D eigenvalue weighted by atomic mass is 10.2. The maximum absolute atomic E-state index is 6.07. The zero-order valence-electron chi connectivity index (χ0n) is 10.4. The molecule has 2 N–H and O–H groups in total. The Labute approximate surface area is 97.9 Å². The molecule has 0 bridgehead atoms. The van der Waals surface area contributed by atoms with Crippen molar-refractivity contribution in [3.05, 3.63) is 0 Å². The average molecular weight is 225 g/mol. The topological polar surface area (TPSA) is 50.8 Å². The van der Waals surface area contributed by atoms with Gasteiger partial charge in [0, 0.05) is 13.1 Å². The van der Waals surface area contributed by atoms with E-state index in [0.29, 0.717) is 12.0 Å². The van der Waals surface area contributed by atoms with Crippen LogP contribution < -0.4 is 5.73 Å². The van der Waals surface area contributed by atoms with Crippen LogP contribution in [0.25, 0.3) is 0 Å². The van der Waals surface area contributed by atoms with Gasteiger partial charge in [0.15, 0.2) is 5.96 Å². The van der Waals surface area contributed by atoms with Gasteiger partial charge in [0.25, 0.3) is 0 Å². The van der Waals surface area contributed by atoms with Crippen LogP contribution in [-0.2, 0) is 4.74 Å². The predicted molar refractivity (Wildman–Crippen MR) is 65.5 cm³/mol. The van der Waals surface area contributed by atoms with Gasteiger partial charge in [-0.05, 0) is 26.7 Å². The zero-order valence-corrected chi connectivity index (χ0v) is 10.4. The smallest absolute Gasteiger partial charge is 0.191 e. The zero-order chi connectivity index (χ0) is 11.5. The molecule has 2 aliphatic rings. The number of aliphatic imine (C=N–C) groups is 1. The molecule has 0 spiro atoms. The summed E-state index contributed by atoms with van der Waals surface area (Å²) in [6, 6.07) is 0.466. The Morgan fingerprint density at radius 1 is 1.19 bits per heavy atom. The minimum Gasteiger partial charge on any atom is -0.372 e. The molecular formula is C12H23N3O. The van der Waals surface area contributed by atoms with Gasteiger partial charge in [0.1, 0.15) is 0 Å². The summed E-state index contributed by atoms with van der Waals surface area (Å²) in [5, 5.41) is 0. The van der Waals surface area contributed by atoms with Crippen LogP contribution in [0.4, 0.5) is 0 Å². The number of guanidine groups is 1. The Kier molecular flexibility index (Phi) is 3.69. The summed E-state index contributed by atoms with van der Waals surface area (Å²) < 4.78 is 5.68. The molecule has 2 atom stereocenters. The van der Waals surface area contributed by atoms with Crippen molar-refractivity contribution >= 4 is 5.96 Å². The first-order valence-corrected chi connectivity index (χ1v) is 6.39. The maximum Gasteiger partial charge on any atom is 0.191 e. The van der Waals surface area contributed by atoms with Crippen LogP contribution in [0.1, 0.15) is 39.5 Å². The van der Waals surface area contributed by atoms with E-state index >= 15 is 0 Å². The Morgan fingerprint density at radius 3 is 2.31 bits per heavy atom. The van der Waals surface area contributed by atoms with Gasteiger partial charge in [-0.2, -0.15) is 0 Å². The van der Waals surface area contributed by atoms with E-state index < -0.39 is 0 Å². The van der Waals surface area contributed by atoms with E-state index in [0.717, 1.165) is 13.1 Å². The Bertz CT molecular complexity index is 251. The van der Waals surface area contributed by atoms with Gasteiger partial charge in [0.2, 0.25) is 0 Å². The Balaban J connectivity index is 1.94. The van der Waals surface area contributed by atoms with Crippen molar-refractivity contribution in [2.24, 2.45) is 10.7 Å². The number of hydrogen-bond acceptors (Lipinski definition) is 2. The molecule has 4 nitrogen and oxygen atoms in total. The molecule has 1 saturated heterocycles. The molecule has 0 aromatic heterocycles. The van der Waals surface area contributed by atoms with Gasteiger partial charge in [-0.3, -0.25) is 0 Å². The summed E-state index contributed by atoms with van der Waals surface area (Å²) in [6.07, 6.45) is 5.52. The van der Waals surface area contributed by atoms with Crippen LogP contribution in [-0.4, -0.2) is 42.2 Å². The molecular weight excluding hydrogens is 202 g/mol. The summed E-state index contributed by atoms with van der Waals surface area (Å²) in [6.45, 7) is 5.91.